The molecule has 1 aliphatic rings. The monoisotopic (exact) mass is 288 g/mol. The number of carboxylic acid groups (broad SMARTS) is 1. The molecule has 0 aromatic carbocycles. The van der Waals surface area contributed by atoms with E-state index in [1.165, 1.54) is 11.8 Å². The topological polar surface area (TPSA) is 86.7 Å². The van der Waals surface area contributed by atoms with Gasteiger partial charge in [0, 0.05) is 25.3 Å². The number of aliphatic carboxylic acids is 1. The van der Waals surface area contributed by atoms with Gasteiger partial charge in [-0.2, -0.15) is 0 Å². The molecule has 1 heterocycles. The Hall–Kier alpha value is -1.24. The predicted octanol–water partition coefficient (Wildman–Crippen LogP) is 1.16. The van der Waals surface area contributed by atoms with Crippen LogP contribution >= 0.6 is 11.8 Å². The molecule has 19 heavy (non-hydrogen) atoms. The number of hydrogen-bond donors (Lipinski definition) is 2. The van der Waals surface area contributed by atoms with Crippen LogP contribution in [0.2, 0.25) is 0 Å². The van der Waals surface area contributed by atoms with E-state index in [1.807, 2.05) is 13.8 Å². The van der Waals surface area contributed by atoms with Crippen molar-refractivity contribution in [3.63, 3.8) is 0 Å². The van der Waals surface area contributed by atoms with Gasteiger partial charge in [-0.3, -0.25) is 9.59 Å². The molecule has 1 rings (SSSR count). The van der Waals surface area contributed by atoms with E-state index in [2.05, 4.69) is 5.32 Å². The third kappa shape index (κ3) is 5.50. The smallest absolute Gasteiger partial charge is 0.326 e. The molecular formula is C12H20N2O4S. The number of carboxylic acids is 1. The summed E-state index contributed by atoms with van der Waals surface area (Å²) in [7, 11) is 0. The van der Waals surface area contributed by atoms with E-state index in [4.69, 9.17) is 5.11 Å². The predicted molar refractivity (Wildman–Crippen MR) is 73.1 cm³/mol. The maximum Gasteiger partial charge on any atom is 0.326 e. The fourth-order valence-corrected chi connectivity index (χ4v) is 2.68. The van der Waals surface area contributed by atoms with Crippen LogP contribution in [-0.4, -0.2) is 52.0 Å². The zero-order valence-electron chi connectivity index (χ0n) is 11.2. The van der Waals surface area contributed by atoms with Crippen LogP contribution in [0.15, 0.2) is 0 Å². The molecule has 1 fully saturated rings. The van der Waals surface area contributed by atoms with Crippen molar-refractivity contribution in [1.82, 2.24) is 10.2 Å². The molecule has 0 bridgehead atoms. The minimum Gasteiger partial charge on any atom is -0.480 e. The number of amides is 2. The van der Waals surface area contributed by atoms with Gasteiger partial charge in [0.2, 0.25) is 5.91 Å². The first kappa shape index (κ1) is 15.8. The van der Waals surface area contributed by atoms with Gasteiger partial charge in [-0.15, -0.1) is 0 Å². The van der Waals surface area contributed by atoms with E-state index in [9.17, 15) is 14.4 Å². The van der Waals surface area contributed by atoms with Crippen LogP contribution in [0.1, 0.15) is 26.7 Å². The normalized spacial score (nSPS) is 16.8. The number of thioether (sulfide) groups is 1. The standard InChI is InChI=1S/C12H20N2O4S/c1-8(2)7-9(11(16)17)13-10(15)3-4-14-5-6-19-12(14)18/h8-9H,3-7H2,1-2H3,(H,13,15)(H,16,17)/t9-/m0/s1. The zero-order chi connectivity index (χ0) is 14.4. The second-order valence-corrected chi connectivity index (χ2v) is 5.99. The largest absolute Gasteiger partial charge is 0.480 e. The molecular weight excluding hydrogens is 268 g/mol. The first-order valence-corrected chi connectivity index (χ1v) is 7.32. The molecule has 7 heteroatoms. The first-order chi connectivity index (χ1) is 8.90. The van der Waals surface area contributed by atoms with Crippen molar-refractivity contribution in [2.45, 2.75) is 32.7 Å². The van der Waals surface area contributed by atoms with Gasteiger partial charge in [-0.25, -0.2) is 4.79 Å². The van der Waals surface area contributed by atoms with Crippen LogP contribution in [0.4, 0.5) is 4.79 Å². The molecule has 0 saturated carbocycles. The number of nitrogens with one attached hydrogen (secondary N) is 1. The third-order valence-corrected chi connectivity index (χ3v) is 3.69. The second kappa shape index (κ2) is 7.37. The quantitative estimate of drug-likeness (QED) is 0.734. The molecule has 0 aromatic rings. The van der Waals surface area contributed by atoms with Crippen LogP contribution in [0.3, 0.4) is 0 Å². The molecule has 2 N–H and O–H groups in total. The lowest BCUT2D eigenvalue weighted by atomic mass is 10.0. The van der Waals surface area contributed by atoms with Gasteiger partial charge < -0.3 is 15.3 Å². The Bertz CT molecular complexity index is 360. The minimum absolute atomic E-state index is 0.00948. The highest BCUT2D eigenvalue weighted by atomic mass is 32.2. The second-order valence-electron chi connectivity index (χ2n) is 4.94. The Morgan fingerprint density at radius 3 is 2.63 bits per heavy atom. The van der Waals surface area contributed by atoms with E-state index in [1.54, 1.807) is 4.90 Å². The number of rotatable bonds is 7. The lowest BCUT2D eigenvalue weighted by molar-refractivity contribution is -0.142. The highest BCUT2D eigenvalue weighted by molar-refractivity contribution is 8.13. The number of carbonyl (C=O) groups excluding carboxylic acids is 2. The molecule has 0 aliphatic carbocycles. The molecule has 0 spiro atoms. The lowest BCUT2D eigenvalue weighted by Crippen LogP contribution is -2.42. The summed E-state index contributed by atoms with van der Waals surface area (Å²) in [5.74, 6) is -0.392. The summed E-state index contributed by atoms with van der Waals surface area (Å²) in [5, 5.41) is 11.5. The summed E-state index contributed by atoms with van der Waals surface area (Å²) in [6.45, 7) is 4.82. The number of carbonyl (C=O) groups is 3. The van der Waals surface area contributed by atoms with Crippen LogP contribution in [0.25, 0.3) is 0 Å². The SMILES string of the molecule is CC(C)C[C@H](NC(=O)CCN1CCSC1=O)C(=O)O. The van der Waals surface area contributed by atoms with E-state index in [0.717, 1.165) is 5.75 Å². The van der Waals surface area contributed by atoms with Crippen LogP contribution < -0.4 is 5.32 Å². The van der Waals surface area contributed by atoms with Gasteiger partial charge in [0.1, 0.15) is 6.04 Å². The maximum absolute atomic E-state index is 11.7. The molecule has 1 saturated heterocycles. The van der Waals surface area contributed by atoms with Gasteiger partial charge in [0.05, 0.1) is 0 Å². The van der Waals surface area contributed by atoms with Crippen molar-refractivity contribution >= 4 is 28.9 Å². The van der Waals surface area contributed by atoms with E-state index >= 15 is 0 Å². The molecule has 0 aromatic heterocycles. The summed E-state index contributed by atoms with van der Waals surface area (Å²) in [6, 6.07) is -0.851. The summed E-state index contributed by atoms with van der Waals surface area (Å²) < 4.78 is 0. The van der Waals surface area contributed by atoms with Crippen molar-refractivity contribution in [2.24, 2.45) is 5.92 Å². The van der Waals surface area contributed by atoms with Gasteiger partial charge in [0.25, 0.3) is 5.24 Å². The summed E-state index contributed by atoms with van der Waals surface area (Å²) in [4.78, 5) is 35.6. The van der Waals surface area contributed by atoms with Crippen molar-refractivity contribution in [3.8, 4) is 0 Å². The van der Waals surface area contributed by atoms with Gasteiger partial charge >= 0.3 is 5.97 Å². The first-order valence-electron chi connectivity index (χ1n) is 6.34. The van der Waals surface area contributed by atoms with Gasteiger partial charge in [-0.05, 0) is 12.3 Å². The average molecular weight is 288 g/mol. The Morgan fingerprint density at radius 2 is 2.16 bits per heavy atom. The summed E-state index contributed by atoms with van der Waals surface area (Å²) in [6.07, 6.45) is 0.549. The maximum atomic E-state index is 11.7. The van der Waals surface area contributed by atoms with E-state index in [0.29, 0.717) is 19.5 Å². The van der Waals surface area contributed by atoms with Crippen LogP contribution in [0.5, 0.6) is 0 Å². The Labute approximate surface area is 116 Å². The Balaban J connectivity index is 2.35. The fourth-order valence-electron chi connectivity index (χ4n) is 1.82. The zero-order valence-corrected chi connectivity index (χ0v) is 12.0. The summed E-state index contributed by atoms with van der Waals surface area (Å²) in [5.41, 5.74) is 0. The minimum atomic E-state index is -1.02. The fraction of sp³-hybridized carbons (Fsp3) is 0.750. The Kier molecular flexibility index (Phi) is 6.14. The molecule has 0 unspecified atom stereocenters. The van der Waals surface area contributed by atoms with Crippen molar-refractivity contribution in [1.29, 1.82) is 0 Å². The van der Waals surface area contributed by atoms with Crippen LogP contribution in [0, 0.1) is 5.92 Å². The van der Waals surface area contributed by atoms with Crippen molar-refractivity contribution < 1.29 is 19.5 Å². The molecule has 1 atom stereocenters. The van der Waals surface area contributed by atoms with E-state index in [-0.39, 0.29) is 23.5 Å². The van der Waals surface area contributed by atoms with Crippen molar-refractivity contribution in [2.75, 3.05) is 18.8 Å². The molecule has 0 radical (unpaired) electrons. The van der Waals surface area contributed by atoms with Crippen molar-refractivity contribution in [3.05, 3.63) is 0 Å². The van der Waals surface area contributed by atoms with E-state index < -0.39 is 12.0 Å². The molecule has 108 valence electrons. The third-order valence-electron chi connectivity index (χ3n) is 2.79. The number of hydrogen-bond acceptors (Lipinski definition) is 4. The number of nitrogens with zero attached hydrogens (tertiary/aromatic N) is 1. The highest BCUT2D eigenvalue weighted by Crippen LogP contribution is 2.17. The lowest BCUT2D eigenvalue weighted by Gasteiger charge is -2.18. The molecule has 6 nitrogen and oxygen atoms in total. The highest BCUT2D eigenvalue weighted by Gasteiger charge is 2.24. The van der Waals surface area contributed by atoms with Gasteiger partial charge in [0.15, 0.2) is 0 Å². The molecule has 2 amide bonds. The van der Waals surface area contributed by atoms with Crippen LogP contribution in [-0.2, 0) is 9.59 Å². The Morgan fingerprint density at radius 1 is 1.47 bits per heavy atom. The average Bonchev–Trinajstić information content (AvgIpc) is 2.70. The van der Waals surface area contributed by atoms with Gasteiger partial charge in [-0.1, -0.05) is 25.6 Å². The molecule has 1 aliphatic heterocycles. The summed E-state index contributed by atoms with van der Waals surface area (Å²) >= 11 is 1.25.